The molecular weight excluding hydrogens is 750 g/mol. The number of aromatic nitrogens is 4. The van der Waals surface area contributed by atoms with Crippen LogP contribution in [0.4, 0.5) is 26.0 Å². The van der Waals surface area contributed by atoms with E-state index in [0.29, 0.717) is 65.6 Å². The Balaban J connectivity index is 0.830. The lowest BCUT2D eigenvalue weighted by Crippen LogP contribution is -2.51. The first-order valence-corrected chi connectivity index (χ1v) is 20.0. The van der Waals surface area contributed by atoms with Crippen molar-refractivity contribution in [2.75, 3.05) is 47.4 Å². The molecule has 6 heterocycles. The number of anilines is 3. The van der Waals surface area contributed by atoms with Crippen molar-refractivity contribution in [1.29, 1.82) is 0 Å². The average molecular weight is 793 g/mol. The Labute approximate surface area is 333 Å². The summed E-state index contributed by atoms with van der Waals surface area (Å²) in [6.07, 6.45) is 5.56. The van der Waals surface area contributed by atoms with E-state index in [1.165, 1.54) is 12.1 Å². The monoisotopic (exact) mass is 792 g/mol. The van der Waals surface area contributed by atoms with Crippen molar-refractivity contribution in [1.82, 2.24) is 24.4 Å². The van der Waals surface area contributed by atoms with E-state index in [1.807, 2.05) is 18.3 Å². The predicted molar refractivity (Wildman–Crippen MR) is 215 cm³/mol. The van der Waals surface area contributed by atoms with Crippen LogP contribution in [0.2, 0.25) is 5.02 Å². The molecule has 3 fully saturated rings. The van der Waals surface area contributed by atoms with E-state index in [0.717, 1.165) is 53.6 Å². The largest absolute Gasteiger partial charge is 0.366 e. The second-order valence-corrected chi connectivity index (χ2v) is 16.7. The lowest BCUT2D eigenvalue weighted by atomic mass is 9.85. The fraction of sp³-hybridized carbons (Fsp3) is 0.395. The highest BCUT2D eigenvalue weighted by atomic mass is 35.5. The summed E-state index contributed by atoms with van der Waals surface area (Å²) < 4.78 is 32.5. The van der Waals surface area contributed by atoms with Crippen molar-refractivity contribution < 1.29 is 18.4 Å². The molecule has 14 heteroatoms. The Hall–Kier alpha value is -5.27. The molecule has 0 aliphatic carbocycles. The van der Waals surface area contributed by atoms with E-state index in [2.05, 4.69) is 63.2 Å². The van der Waals surface area contributed by atoms with Crippen LogP contribution in [0.3, 0.4) is 0 Å². The molecule has 0 unspecified atom stereocenters. The number of piperazine rings is 1. The highest BCUT2D eigenvalue weighted by molar-refractivity contribution is 6.35. The molecule has 57 heavy (non-hydrogen) atoms. The Morgan fingerprint density at radius 2 is 1.63 bits per heavy atom. The van der Waals surface area contributed by atoms with E-state index in [1.54, 1.807) is 12.3 Å². The number of benzene rings is 3. The van der Waals surface area contributed by atoms with Gasteiger partial charge in [0.25, 0.3) is 5.56 Å². The Morgan fingerprint density at radius 1 is 0.895 bits per heavy atom. The van der Waals surface area contributed by atoms with Crippen LogP contribution >= 0.6 is 11.6 Å². The molecule has 4 aliphatic rings. The fourth-order valence-electron chi connectivity index (χ4n) is 9.28. The smallest absolute Gasteiger partial charge is 0.282 e. The topological polar surface area (TPSA) is 108 Å². The maximum atomic E-state index is 15.2. The van der Waals surface area contributed by atoms with Gasteiger partial charge in [-0.3, -0.25) is 28.8 Å². The summed E-state index contributed by atoms with van der Waals surface area (Å²) in [6, 6.07) is 14.9. The zero-order chi connectivity index (χ0) is 39.7. The Kier molecular flexibility index (Phi) is 9.35. The summed E-state index contributed by atoms with van der Waals surface area (Å²) in [6.45, 7) is 10.9. The van der Waals surface area contributed by atoms with Crippen molar-refractivity contribution in [2.24, 2.45) is 0 Å². The number of hydrogen-bond acceptors (Lipinski definition) is 9. The number of carbonyl (C=O) groups excluding carboxylic acids is 2. The summed E-state index contributed by atoms with van der Waals surface area (Å²) >= 11 is 6.50. The lowest BCUT2D eigenvalue weighted by molar-refractivity contribution is -0.129. The SMILES string of the molecule is C[C@@H]1CN(Cc2cnc(N3CCC(c4cc(F)c(N5C(=O)CCCC5=O)c(F)c4)CC3)cn2)CCN1c1ccc2c(c1)-n1c(nc(=O)c3c(Cl)cccc31)C2(C)C. The van der Waals surface area contributed by atoms with Crippen LogP contribution in [0.5, 0.6) is 0 Å². The van der Waals surface area contributed by atoms with Crippen LogP contribution in [0.1, 0.15) is 81.4 Å². The number of amides is 2. The Bertz CT molecular complexity index is 2460. The number of carbonyl (C=O) groups is 2. The number of halogens is 3. The van der Waals surface area contributed by atoms with Crippen molar-refractivity contribution in [3.05, 3.63) is 111 Å². The standard InChI is InChI=1S/C43H43ClF2N8O3/c1-25-23-50(16-17-52(25)29-10-11-30-35(20-29)53-34-7-4-6-31(44)39(34)41(57)49-42(53)43(30,2)3)24-28-21-48-36(22-47-28)51-14-12-26(13-15-51)27-18-32(45)40(33(46)19-27)54-37(55)8-5-9-38(54)56/h4,6-7,10-11,18-22,25-26H,5,8-9,12-17,23-24H2,1-3H3/t25-/m1/s1. The van der Waals surface area contributed by atoms with Gasteiger partial charge in [-0.15, -0.1) is 0 Å². The Morgan fingerprint density at radius 3 is 2.32 bits per heavy atom. The summed E-state index contributed by atoms with van der Waals surface area (Å²) in [4.78, 5) is 59.4. The second-order valence-electron chi connectivity index (χ2n) is 16.3. The molecule has 0 spiro atoms. The average Bonchev–Trinajstić information content (AvgIpc) is 3.41. The molecule has 0 radical (unpaired) electrons. The summed E-state index contributed by atoms with van der Waals surface area (Å²) in [5.74, 6) is -1.50. The van der Waals surface area contributed by atoms with Gasteiger partial charge >= 0.3 is 0 Å². The van der Waals surface area contributed by atoms with E-state index in [4.69, 9.17) is 21.6 Å². The zero-order valence-corrected chi connectivity index (χ0v) is 32.9. The second kappa shape index (κ2) is 14.3. The van der Waals surface area contributed by atoms with Gasteiger partial charge in [0.2, 0.25) is 11.8 Å². The third-order valence-electron chi connectivity index (χ3n) is 12.3. The number of imide groups is 1. The highest BCUT2D eigenvalue weighted by Crippen LogP contribution is 2.45. The third kappa shape index (κ3) is 6.44. The number of fused-ring (bicyclic) bond motifs is 5. The number of nitrogens with zero attached hydrogens (tertiary/aromatic N) is 8. The number of hydrogen-bond donors (Lipinski definition) is 0. The zero-order valence-electron chi connectivity index (χ0n) is 32.1. The molecular formula is C43H43ClF2N8O3. The molecule has 9 rings (SSSR count). The maximum absolute atomic E-state index is 15.2. The molecule has 2 amide bonds. The molecule has 5 aromatic rings. The first-order chi connectivity index (χ1) is 27.4. The van der Waals surface area contributed by atoms with E-state index in [9.17, 15) is 14.4 Å². The third-order valence-corrected chi connectivity index (χ3v) is 12.6. The number of rotatable bonds is 6. The molecule has 0 N–H and O–H groups in total. The van der Waals surface area contributed by atoms with Gasteiger partial charge in [0.1, 0.15) is 17.3 Å². The molecule has 11 nitrogen and oxygen atoms in total. The maximum Gasteiger partial charge on any atom is 0.282 e. The molecule has 3 saturated heterocycles. The quantitative estimate of drug-likeness (QED) is 0.170. The van der Waals surface area contributed by atoms with Gasteiger partial charge in [-0.25, -0.2) is 18.7 Å². The number of piperidine rings is 2. The fourth-order valence-corrected chi connectivity index (χ4v) is 9.53. The molecule has 294 valence electrons. The lowest BCUT2D eigenvalue weighted by Gasteiger charge is -2.41. The van der Waals surface area contributed by atoms with Crippen molar-refractivity contribution >= 4 is 51.5 Å². The van der Waals surface area contributed by atoms with Gasteiger partial charge in [-0.2, -0.15) is 4.98 Å². The molecule has 3 aromatic carbocycles. The normalized spacial score (nSPS) is 20.0. The van der Waals surface area contributed by atoms with Gasteiger partial charge in [0, 0.05) is 63.8 Å². The van der Waals surface area contributed by atoms with Gasteiger partial charge in [0.15, 0.2) is 11.6 Å². The van der Waals surface area contributed by atoms with Crippen LogP contribution in [-0.2, 0) is 21.5 Å². The van der Waals surface area contributed by atoms with Crippen LogP contribution in [0.25, 0.3) is 16.6 Å². The first kappa shape index (κ1) is 37.3. The highest BCUT2D eigenvalue weighted by Gasteiger charge is 2.40. The van der Waals surface area contributed by atoms with E-state index < -0.39 is 34.6 Å². The van der Waals surface area contributed by atoms with Crippen LogP contribution in [0, 0.1) is 11.6 Å². The summed E-state index contributed by atoms with van der Waals surface area (Å²) in [5.41, 5.74) is 4.11. The van der Waals surface area contributed by atoms with Gasteiger partial charge in [-0.05, 0) is 93.5 Å². The molecule has 0 bridgehead atoms. The molecule has 0 saturated carbocycles. The van der Waals surface area contributed by atoms with Crippen LogP contribution in [0.15, 0.2) is 65.7 Å². The van der Waals surface area contributed by atoms with Crippen LogP contribution < -0.4 is 20.3 Å². The van der Waals surface area contributed by atoms with Crippen LogP contribution in [-0.4, -0.2) is 75.0 Å². The van der Waals surface area contributed by atoms with Crippen molar-refractivity contribution in [3.63, 3.8) is 0 Å². The molecule has 4 aliphatic heterocycles. The predicted octanol–water partition coefficient (Wildman–Crippen LogP) is 6.88. The molecule has 2 aromatic heterocycles. The minimum absolute atomic E-state index is 0.0684. The summed E-state index contributed by atoms with van der Waals surface area (Å²) in [7, 11) is 0. The van der Waals surface area contributed by atoms with Gasteiger partial charge < -0.3 is 9.80 Å². The first-order valence-electron chi connectivity index (χ1n) is 19.7. The van der Waals surface area contributed by atoms with Gasteiger partial charge in [0.05, 0.1) is 45.1 Å². The van der Waals surface area contributed by atoms with Crippen molar-refractivity contribution in [2.45, 2.75) is 76.8 Å². The van der Waals surface area contributed by atoms with Gasteiger partial charge in [-0.1, -0.05) is 23.7 Å². The minimum Gasteiger partial charge on any atom is -0.366 e. The van der Waals surface area contributed by atoms with Crippen molar-refractivity contribution in [3.8, 4) is 5.69 Å². The molecule has 1 atom stereocenters. The summed E-state index contributed by atoms with van der Waals surface area (Å²) in [5, 5.41) is 0.833. The minimum atomic E-state index is -0.885. The van der Waals surface area contributed by atoms with E-state index >= 15 is 8.78 Å². The van der Waals surface area contributed by atoms with E-state index in [-0.39, 0.29) is 30.4 Å².